The number of methoxy groups -OCH3 is 1. The molecule has 2 aromatic rings. The number of hydrogen-bond acceptors (Lipinski definition) is 5. The van der Waals surface area contributed by atoms with E-state index in [1.165, 1.54) is 11.4 Å². The average molecular weight is 433 g/mol. The van der Waals surface area contributed by atoms with Gasteiger partial charge in [0.2, 0.25) is 15.9 Å². The zero-order valence-electron chi connectivity index (χ0n) is 17.6. The number of rotatable bonds is 7. The number of hydrogen-bond donors (Lipinski definition) is 1. The fourth-order valence-electron chi connectivity index (χ4n) is 3.39. The lowest BCUT2D eigenvalue weighted by atomic mass is 10.1. The van der Waals surface area contributed by atoms with Gasteiger partial charge >= 0.3 is 0 Å². The van der Waals surface area contributed by atoms with E-state index in [4.69, 9.17) is 9.47 Å². The summed E-state index contributed by atoms with van der Waals surface area (Å²) in [5.74, 6) is 0.433. The van der Waals surface area contributed by atoms with E-state index in [1.807, 2.05) is 32.0 Å². The summed E-state index contributed by atoms with van der Waals surface area (Å²) in [5, 5.41) is 2.94. The Bertz CT molecular complexity index is 1010. The van der Waals surface area contributed by atoms with E-state index in [0.717, 1.165) is 16.8 Å². The Kier molecular flexibility index (Phi) is 7.12. The van der Waals surface area contributed by atoms with E-state index in [2.05, 4.69) is 5.32 Å². The lowest BCUT2D eigenvalue weighted by Gasteiger charge is -2.26. The zero-order chi connectivity index (χ0) is 21.7. The summed E-state index contributed by atoms with van der Waals surface area (Å²) in [5.41, 5.74) is 3.61. The summed E-state index contributed by atoms with van der Waals surface area (Å²) in [6.45, 7) is 5.41. The van der Waals surface area contributed by atoms with Crippen molar-refractivity contribution in [2.45, 2.75) is 31.6 Å². The van der Waals surface area contributed by atoms with Crippen LogP contribution in [0.4, 0.5) is 5.69 Å². The van der Waals surface area contributed by atoms with Crippen LogP contribution in [0, 0.1) is 13.8 Å². The summed E-state index contributed by atoms with van der Waals surface area (Å²) in [4.78, 5) is 12.7. The van der Waals surface area contributed by atoms with E-state index >= 15 is 0 Å². The molecule has 1 fully saturated rings. The van der Waals surface area contributed by atoms with Crippen molar-refractivity contribution in [2.24, 2.45) is 0 Å². The van der Waals surface area contributed by atoms with Gasteiger partial charge in [-0.2, -0.15) is 4.31 Å². The monoisotopic (exact) mass is 432 g/mol. The number of nitrogens with zero attached hydrogens (tertiary/aromatic N) is 1. The van der Waals surface area contributed by atoms with E-state index < -0.39 is 10.0 Å². The predicted molar refractivity (Wildman–Crippen MR) is 115 cm³/mol. The Morgan fingerprint density at radius 3 is 2.60 bits per heavy atom. The number of morpholine rings is 1. The molecule has 0 saturated carbocycles. The van der Waals surface area contributed by atoms with Gasteiger partial charge in [0, 0.05) is 25.2 Å². The van der Waals surface area contributed by atoms with Crippen molar-refractivity contribution in [1.29, 1.82) is 0 Å². The molecule has 0 bridgehead atoms. The summed E-state index contributed by atoms with van der Waals surface area (Å²) >= 11 is 0. The van der Waals surface area contributed by atoms with Crippen LogP contribution in [0.2, 0.25) is 0 Å². The molecule has 1 aliphatic rings. The zero-order valence-corrected chi connectivity index (χ0v) is 18.4. The minimum Gasteiger partial charge on any atom is -0.496 e. The summed E-state index contributed by atoms with van der Waals surface area (Å²) in [7, 11) is -2.08. The molecule has 7 nitrogen and oxygen atoms in total. The van der Waals surface area contributed by atoms with Crippen LogP contribution in [0.15, 0.2) is 41.3 Å². The molecule has 8 heteroatoms. The lowest BCUT2D eigenvalue weighted by molar-refractivity contribution is -0.116. The van der Waals surface area contributed by atoms with Crippen molar-refractivity contribution < 1.29 is 22.7 Å². The van der Waals surface area contributed by atoms with Crippen molar-refractivity contribution >= 4 is 21.6 Å². The number of carbonyl (C=O) groups is 1. The van der Waals surface area contributed by atoms with Gasteiger partial charge in [-0.1, -0.05) is 12.1 Å². The molecule has 1 heterocycles. The fraction of sp³-hybridized carbons (Fsp3) is 0.409. The minimum absolute atomic E-state index is 0.132. The van der Waals surface area contributed by atoms with Crippen LogP contribution in [0.1, 0.15) is 23.1 Å². The van der Waals surface area contributed by atoms with Crippen LogP contribution in [-0.4, -0.2) is 52.0 Å². The molecular formula is C22H28N2O5S. The highest BCUT2D eigenvalue weighted by Gasteiger charge is 2.27. The maximum Gasteiger partial charge on any atom is 0.243 e. The number of nitrogens with one attached hydrogen (secondary N) is 1. The SMILES string of the molecule is COc1ccc(S(=O)(=O)N2CCOCC2)cc1CCC(=O)Nc1cccc(C)c1C. The number of benzene rings is 2. The molecular weight excluding hydrogens is 404 g/mol. The molecule has 0 radical (unpaired) electrons. The van der Waals surface area contributed by atoms with Crippen molar-refractivity contribution in [2.75, 3.05) is 38.7 Å². The van der Waals surface area contributed by atoms with Crippen LogP contribution >= 0.6 is 0 Å². The highest BCUT2D eigenvalue weighted by atomic mass is 32.2. The molecule has 0 atom stereocenters. The third-order valence-corrected chi connectivity index (χ3v) is 7.25. The van der Waals surface area contributed by atoms with E-state index in [1.54, 1.807) is 18.2 Å². The standard InChI is InChI=1S/C22H28N2O5S/c1-16-5-4-6-20(17(16)2)23-22(25)10-7-18-15-19(8-9-21(18)28-3)30(26,27)24-11-13-29-14-12-24/h4-6,8-9,15H,7,10-14H2,1-3H3,(H,23,25). The first-order valence-corrected chi connectivity index (χ1v) is 11.4. The quantitative estimate of drug-likeness (QED) is 0.727. The lowest BCUT2D eigenvalue weighted by Crippen LogP contribution is -2.40. The first-order valence-electron chi connectivity index (χ1n) is 9.94. The second-order valence-corrected chi connectivity index (χ2v) is 9.22. The summed E-state index contributed by atoms with van der Waals surface area (Å²) < 4.78 is 37.9. The van der Waals surface area contributed by atoms with Gasteiger partial charge in [-0.05, 0) is 61.2 Å². The van der Waals surface area contributed by atoms with Gasteiger partial charge in [0.25, 0.3) is 0 Å². The molecule has 1 aliphatic heterocycles. The predicted octanol–water partition coefficient (Wildman–Crippen LogP) is 2.90. The van der Waals surface area contributed by atoms with Crippen LogP contribution in [0.5, 0.6) is 5.75 Å². The third-order valence-electron chi connectivity index (χ3n) is 5.36. The van der Waals surface area contributed by atoms with Crippen LogP contribution < -0.4 is 10.1 Å². The summed E-state index contributed by atoms with van der Waals surface area (Å²) in [6, 6.07) is 10.6. The molecule has 30 heavy (non-hydrogen) atoms. The smallest absolute Gasteiger partial charge is 0.243 e. The van der Waals surface area contributed by atoms with Crippen LogP contribution in [0.3, 0.4) is 0 Å². The van der Waals surface area contributed by atoms with Crippen molar-refractivity contribution in [3.05, 3.63) is 53.1 Å². The third kappa shape index (κ3) is 5.00. The molecule has 1 saturated heterocycles. The first-order chi connectivity index (χ1) is 14.3. The second kappa shape index (κ2) is 9.59. The van der Waals surface area contributed by atoms with Crippen molar-refractivity contribution in [3.8, 4) is 5.75 Å². The molecule has 0 unspecified atom stereocenters. The molecule has 3 rings (SSSR count). The van der Waals surface area contributed by atoms with Gasteiger partial charge in [0.15, 0.2) is 0 Å². The molecule has 0 aliphatic carbocycles. The van der Waals surface area contributed by atoms with Gasteiger partial charge in [-0.15, -0.1) is 0 Å². The maximum absolute atomic E-state index is 12.9. The van der Waals surface area contributed by atoms with Gasteiger partial charge in [0.05, 0.1) is 25.2 Å². The number of amides is 1. The average Bonchev–Trinajstić information content (AvgIpc) is 2.76. The topological polar surface area (TPSA) is 84.9 Å². The van der Waals surface area contributed by atoms with E-state index in [9.17, 15) is 13.2 Å². The Balaban J connectivity index is 1.74. The molecule has 162 valence electrons. The van der Waals surface area contributed by atoms with Gasteiger partial charge < -0.3 is 14.8 Å². The van der Waals surface area contributed by atoms with Gasteiger partial charge in [-0.3, -0.25) is 4.79 Å². The van der Waals surface area contributed by atoms with Crippen LogP contribution in [-0.2, 0) is 26.0 Å². The highest BCUT2D eigenvalue weighted by Crippen LogP contribution is 2.26. The van der Waals surface area contributed by atoms with Crippen LogP contribution in [0.25, 0.3) is 0 Å². The molecule has 0 aromatic heterocycles. The van der Waals surface area contributed by atoms with Gasteiger partial charge in [0.1, 0.15) is 5.75 Å². The van der Waals surface area contributed by atoms with Crippen molar-refractivity contribution in [1.82, 2.24) is 4.31 Å². The minimum atomic E-state index is -3.61. The first kappa shape index (κ1) is 22.3. The molecule has 1 N–H and O–H groups in total. The number of sulfonamides is 1. The molecule has 2 aromatic carbocycles. The fourth-order valence-corrected chi connectivity index (χ4v) is 4.85. The van der Waals surface area contributed by atoms with Gasteiger partial charge in [-0.25, -0.2) is 8.42 Å². The van der Waals surface area contributed by atoms with Crippen molar-refractivity contribution in [3.63, 3.8) is 0 Å². The highest BCUT2D eigenvalue weighted by molar-refractivity contribution is 7.89. The largest absolute Gasteiger partial charge is 0.496 e. The summed E-state index contributed by atoms with van der Waals surface area (Å²) in [6.07, 6.45) is 0.580. The maximum atomic E-state index is 12.9. The Morgan fingerprint density at radius 2 is 1.90 bits per heavy atom. The Labute approximate surface area is 178 Å². The number of aryl methyl sites for hydroxylation is 2. The molecule has 0 spiro atoms. The molecule has 1 amide bonds. The Hall–Kier alpha value is -2.42. The normalized spacial score (nSPS) is 15.0. The van der Waals surface area contributed by atoms with E-state index in [0.29, 0.717) is 44.0 Å². The Morgan fingerprint density at radius 1 is 1.17 bits per heavy atom. The number of carbonyl (C=O) groups excluding carboxylic acids is 1. The number of ether oxygens (including phenoxy) is 2. The van der Waals surface area contributed by atoms with E-state index in [-0.39, 0.29) is 17.2 Å². The number of anilines is 1. The second-order valence-electron chi connectivity index (χ2n) is 7.29.